The zero-order chi connectivity index (χ0) is 21.0. The van der Waals surface area contributed by atoms with Gasteiger partial charge in [0.15, 0.2) is 6.61 Å². The lowest BCUT2D eigenvalue weighted by Gasteiger charge is -2.51. The number of esters is 2. The summed E-state index contributed by atoms with van der Waals surface area (Å²) in [5.41, 5.74) is 0. The van der Waals surface area contributed by atoms with Crippen molar-refractivity contribution in [3.8, 4) is 0 Å². The molecule has 0 unspecified atom stereocenters. The minimum absolute atomic E-state index is 0.671. The van der Waals surface area contributed by atoms with Crippen LogP contribution in [0.1, 0.15) is 0 Å². The van der Waals surface area contributed by atoms with Gasteiger partial charge in [0.2, 0.25) is 0 Å². The number of carbonyl (C=O) groups is 2. The highest BCUT2D eigenvalue weighted by Crippen LogP contribution is 2.69. The molecule has 16 heteroatoms. The van der Waals surface area contributed by atoms with Gasteiger partial charge < -0.3 is 9.47 Å². The molecule has 26 heavy (non-hydrogen) atoms. The molecule has 0 aromatic rings. The first-order valence-electron chi connectivity index (χ1n) is 5.86. The van der Waals surface area contributed by atoms with E-state index in [1.807, 2.05) is 0 Å². The summed E-state index contributed by atoms with van der Waals surface area (Å²) >= 11 is 2.43. The Morgan fingerprint density at radius 1 is 0.654 bits per heavy atom. The molecule has 0 N–H and O–H groups in total. The molecule has 0 saturated heterocycles. The van der Waals surface area contributed by atoms with E-state index in [1.165, 1.54) is 0 Å². The highest BCUT2D eigenvalue weighted by atomic mass is 79.9. The van der Waals surface area contributed by atoms with Crippen LogP contribution in [0.4, 0.5) is 48.3 Å². The molecular formula is C10H4BrF11O4. The zero-order valence-corrected chi connectivity index (χ0v) is 13.2. The van der Waals surface area contributed by atoms with E-state index in [9.17, 15) is 57.9 Å². The third-order valence-electron chi connectivity index (χ3n) is 3.10. The van der Waals surface area contributed by atoms with Crippen LogP contribution in [-0.2, 0) is 19.1 Å². The summed E-state index contributed by atoms with van der Waals surface area (Å²) in [6.45, 7) is -1.95. The van der Waals surface area contributed by atoms with Gasteiger partial charge in [0.05, 0.1) is 0 Å². The molecule has 1 saturated carbocycles. The Hall–Kier alpha value is -1.35. The van der Waals surface area contributed by atoms with Crippen molar-refractivity contribution in [1.29, 1.82) is 0 Å². The van der Waals surface area contributed by atoms with E-state index in [-0.39, 0.29) is 0 Å². The van der Waals surface area contributed by atoms with Crippen molar-refractivity contribution < 1.29 is 67.4 Å². The summed E-state index contributed by atoms with van der Waals surface area (Å²) in [6.07, 6.45) is 0. The van der Waals surface area contributed by atoms with E-state index in [2.05, 4.69) is 25.4 Å². The van der Waals surface area contributed by atoms with E-state index in [1.54, 1.807) is 0 Å². The fraction of sp³-hybridized carbons (Fsp3) is 0.800. The Morgan fingerprint density at radius 3 is 1.35 bits per heavy atom. The van der Waals surface area contributed by atoms with Crippen molar-refractivity contribution in [2.45, 2.75) is 35.5 Å². The molecule has 0 aromatic heterocycles. The quantitative estimate of drug-likeness (QED) is 0.355. The van der Waals surface area contributed by atoms with E-state index in [4.69, 9.17) is 0 Å². The molecule has 1 aliphatic rings. The smallest absolute Gasteiger partial charge is 0.391 e. The molecule has 0 atom stereocenters. The minimum Gasteiger partial charge on any atom is -0.453 e. The Kier molecular flexibility index (Phi) is 5.31. The van der Waals surface area contributed by atoms with Gasteiger partial charge in [0, 0.05) is 0 Å². The monoisotopic (exact) mass is 476 g/mol. The van der Waals surface area contributed by atoms with Gasteiger partial charge in [-0.3, -0.25) is 4.79 Å². The number of alkyl halides is 12. The Labute approximate surface area is 143 Å². The number of hydrogen-bond donors (Lipinski definition) is 0. The molecule has 0 amide bonds. The highest BCUT2D eigenvalue weighted by molar-refractivity contribution is 9.09. The normalized spacial score (nSPS) is 26.6. The lowest BCUT2D eigenvalue weighted by molar-refractivity contribution is -0.518. The summed E-state index contributed by atoms with van der Waals surface area (Å²) in [6, 6.07) is 0. The van der Waals surface area contributed by atoms with Crippen molar-refractivity contribution in [2.75, 3.05) is 11.9 Å². The molecule has 4 nitrogen and oxygen atoms in total. The number of carbonyl (C=O) groups excluding carboxylic acids is 2. The van der Waals surface area contributed by atoms with Gasteiger partial charge in [-0.25, -0.2) is 4.79 Å². The molecule has 1 rings (SSSR count). The van der Waals surface area contributed by atoms with Crippen LogP contribution in [0.15, 0.2) is 0 Å². The summed E-state index contributed by atoms with van der Waals surface area (Å²) in [5.74, 6) is -47.9. The third kappa shape index (κ3) is 2.54. The predicted octanol–water partition coefficient (Wildman–Crippen LogP) is 3.32. The van der Waals surface area contributed by atoms with E-state index in [0.29, 0.717) is 0 Å². The van der Waals surface area contributed by atoms with Crippen LogP contribution in [0.5, 0.6) is 0 Å². The fourth-order valence-electron chi connectivity index (χ4n) is 1.69. The number of halogens is 12. The van der Waals surface area contributed by atoms with Gasteiger partial charge in [-0.15, -0.1) is 0 Å². The Balaban J connectivity index is 3.42. The van der Waals surface area contributed by atoms with Crippen LogP contribution >= 0.6 is 15.9 Å². The molecule has 0 aromatic carbocycles. The Bertz CT molecular complexity index is 576. The summed E-state index contributed by atoms with van der Waals surface area (Å²) in [7, 11) is 0. The van der Waals surface area contributed by atoms with Gasteiger partial charge >= 0.3 is 47.4 Å². The van der Waals surface area contributed by atoms with E-state index < -0.39 is 59.3 Å². The molecule has 0 bridgehead atoms. The van der Waals surface area contributed by atoms with E-state index in [0.717, 1.165) is 0 Å². The SMILES string of the molecule is O=C(CBr)OCC(=O)OC1(F)C(F)(F)C(F)(F)C(F)(F)C(F)(F)C1(F)F. The summed E-state index contributed by atoms with van der Waals surface area (Å²) in [4.78, 5) is 21.6. The van der Waals surface area contributed by atoms with Gasteiger partial charge in [0.1, 0.15) is 5.33 Å². The van der Waals surface area contributed by atoms with Crippen LogP contribution in [0.3, 0.4) is 0 Å². The maximum absolute atomic E-state index is 13.9. The molecule has 0 aliphatic heterocycles. The zero-order valence-electron chi connectivity index (χ0n) is 11.6. The first-order chi connectivity index (χ1) is 11.3. The number of ether oxygens (including phenoxy) is 2. The first kappa shape index (κ1) is 22.7. The lowest BCUT2D eigenvalue weighted by atomic mass is 9.78. The van der Waals surface area contributed by atoms with Gasteiger partial charge in [-0.2, -0.15) is 48.3 Å². The second-order valence-corrected chi connectivity index (χ2v) is 5.30. The molecule has 1 aliphatic carbocycles. The first-order valence-corrected chi connectivity index (χ1v) is 6.98. The van der Waals surface area contributed by atoms with Crippen LogP contribution in [0, 0.1) is 0 Å². The van der Waals surface area contributed by atoms with Crippen molar-refractivity contribution in [1.82, 2.24) is 0 Å². The maximum atomic E-state index is 13.9. The minimum atomic E-state index is -7.42. The van der Waals surface area contributed by atoms with Gasteiger partial charge in [0.25, 0.3) is 0 Å². The molecular weight excluding hydrogens is 473 g/mol. The van der Waals surface area contributed by atoms with Crippen molar-refractivity contribution in [2.24, 2.45) is 0 Å². The van der Waals surface area contributed by atoms with Gasteiger partial charge in [-0.05, 0) is 0 Å². The Morgan fingerprint density at radius 2 is 1.00 bits per heavy atom. The lowest BCUT2D eigenvalue weighted by Crippen LogP contribution is -2.84. The second-order valence-electron chi connectivity index (χ2n) is 4.74. The average molecular weight is 477 g/mol. The van der Waals surface area contributed by atoms with E-state index >= 15 is 0 Å². The second kappa shape index (κ2) is 6.09. The van der Waals surface area contributed by atoms with Crippen LogP contribution < -0.4 is 0 Å². The van der Waals surface area contributed by atoms with Crippen molar-refractivity contribution in [3.05, 3.63) is 0 Å². The largest absolute Gasteiger partial charge is 0.453 e. The summed E-state index contributed by atoms with van der Waals surface area (Å²) in [5, 5.41) is -0.671. The molecule has 0 radical (unpaired) electrons. The van der Waals surface area contributed by atoms with Crippen LogP contribution in [0.2, 0.25) is 0 Å². The maximum Gasteiger partial charge on any atom is 0.391 e. The van der Waals surface area contributed by atoms with Crippen LogP contribution in [0.25, 0.3) is 0 Å². The number of hydrogen-bond acceptors (Lipinski definition) is 4. The molecule has 1 fully saturated rings. The van der Waals surface area contributed by atoms with Crippen molar-refractivity contribution in [3.63, 3.8) is 0 Å². The molecule has 152 valence electrons. The third-order valence-corrected chi connectivity index (χ3v) is 3.56. The van der Waals surface area contributed by atoms with Crippen molar-refractivity contribution >= 4 is 27.9 Å². The average Bonchev–Trinajstić information content (AvgIpc) is 2.50. The molecule has 0 spiro atoms. The highest BCUT2D eigenvalue weighted by Gasteiger charge is 3.03. The fourth-order valence-corrected chi connectivity index (χ4v) is 1.85. The number of rotatable bonds is 4. The topological polar surface area (TPSA) is 52.6 Å². The van der Waals surface area contributed by atoms with Gasteiger partial charge in [-0.1, -0.05) is 15.9 Å². The molecule has 0 heterocycles. The predicted molar refractivity (Wildman–Crippen MR) is 59.4 cm³/mol. The standard InChI is InChI=1S/C10H4BrF11O4/c11-1-3(23)25-2-4(24)26-10(22)8(18,19)6(14,15)5(12,13)7(16,17)9(10,20)21/h1-2H2. The summed E-state index contributed by atoms with van der Waals surface area (Å²) < 4.78 is 152. The van der Waals surface area contributed by atoms with Crippen LogP contribution in [-0.4, -0.2) is 59.3 Å².